The van der Waals surface area contributed by atoms with Crippen LogP contribution in [-0.2, 0) is 11.3 Å². The molecule has 1 atom stereocenters. The molecule has 3 rings (SSSR count). The van der Waals surface area contributed by atoms with Crippen LogP contribution in [0.25, 0.3) is 0 Å². The van der Waals surface area contributed by atoms with Gasteiger partial charge in [-0.3, -0.25) is 14.3 Å². The van der Waals surface area contributed by atoms with Crippen LogP contribution in [0.1, 0.15) is 41.5 Å². The average Bonchev–Trinajstić information content (AvgIpc) is 3.40. The first-order valence-electron chi connectivity index (χ1n) is 9.12. The molecule has 0 saturated heterocycles. The van der Waals surface area contributed by atoms with Crippen LogP contribution in [0.4, 0.5) is 5.69 Å². The van der Waals surface area contributed by atoms with Crippen molar-refractivity contribution in [2.45, 2.75) is 40.2 Å². The summed E-state index contributed by atoms with van der Waals surface area (Å²) in [4.78, 5) is 24.1. The lowest BCUT2D eigenvalue weighted by Gasteiger charge is -2.14. The molecule has 0 aliphatic heterocycles. The van der Waals surface area contributed by atoms with Gasteiger partial charge >= 0.3 is 0 Å². The molecule has 1 aliphatic carbocycles. The molecule has 26 heavy (non-hydrogen) atoms. The average molecular weight is 354 g/mol. The normalized spacial score (nSPS) is 14.7. The quantitative estimate of drug-likeness (QED) is 0.803. The molecule has 1 aromatic heterocycles. The van der Waals surface area contributed by atoms with Gasteiger partial charge in [0, 0.05) is 36.0 Å². The summed E-state index contributed by atoms with van der Waals surface area (Å²) in [5.74, 6) is 0.404. The Kier molecular flexibility index (Phi) is 5.40. The molecule has 1 aliphatic rings. The van der Waals surface area contributed by atoms with Crippen molar-refractivity contribution in [2.24, 2.45) is 11.8 Å². The Morgan fingerprint density at radius 1 is 1.23 bits per heavy atom. The second kappa shape index (κ2) is 7.72. The predicted octanol–water partition coefficient (Wildman–Crippen LogP) is 2.91. The van der Waals surface area contributed by atoms with Crippen LogP contribution >= 0.6 is 0 Å². The van der Waals surface area contributed by atoms with Gasteiger partial charge in [-0.1, -0.05) is 6.92 Å². The fourth-order valence-corrected chi connectivity index (χ4v) is 2.88. The minimum atomic E-state index is -0.106. The third kappa shape index (κ3) is 4.71. The first-order chi connectivity index (χ1) is 12.4. The summed E-state index contributed by atoms with van der Waals surface area (Å²) < 4.78 is 1.98. The molecule has 1 unspecified atom stereocenters. The van der Waals surface area contributed by atoms with E-state index in [2.05, 4.69) is 28.7 Å². The number of hydrogen-bond acceptors (Lipinski definition) is 3. The van der Waals surface area contributed by atoms with Gasteiger partial charge in [-0.25, -0.2) is 0 Å². The van der Waals surface area contributed by atoms with Gasteiger partial charge in [-0.05, 0) is 62.9 Å². The van der Waals surface area contributed by atoms with Crippen LogP contribution in [0.5, 0.6) is 0 Å². The lowest BCUT2D eigenvalue weighted by atomic mass is 10.1. The van der Waals surface area contributed by atoms with E-state index in [9.17, 15) is 9.59 Å². The lowest BCUT2D eigenvalue weighted by molar-refractivity contribution is -0.117. The Balaban J connectivity index is 1.48. The number of benzene rings is 1. The van der Waals surface area contributed by atoms with E-state index in [1.54, 1.807) is 24.3 Å². The van der Waals surface area contributed by atoms with E-state index < -0.39 is 0 Å². The summed E-state index contributed by atoms with van der Waals surface area (Å²) in [5, 5.41) is 10.3. The molecular weight excluding hydrogens is 328 g/mol. The van der Waals surface area contributed by atoms with Gasteiger partial charge in [0.25, 0.3) is 5.91 Å². The molecule has 0 radical (unpaired) electrons. The smallest absolute Gasteiger partial charge is 0.251 e. The number of nitrogens with zero attached hydrogens (tertiary/aromatic N) is 2. The molecule has 6 heteroatoms. The van der Waals surface area contributed by atoms with Crippen LogP contribution in [0, 0.1) is 25.7 Å². The van der Waals surface area contributed by atoms with Crippen LogP contribution in [-0.4, -0.2) is 28.1 Å². The third-order valence-electron chi connectivity index (χ3n) is 4.56. The summed E-state index contributed by atoms with van der Waals surface area (Å²) in [5.41, 5.74) is 3.46. The first-order valence-corrected chi connectivity index (χ1v) is 9.12. The molecule has 1 saturated carbocycles. The van der Waals surface area contributed by atoms with Crippen LogP contribution in [0.15, 0.2) is 30.3 Å². The summed E-state index contributed by atoms with van der Waals surface area (Å²) in [7, 11) is 0. The molecule has 2 amide bonds. The Hall–Kier alpha value is -2.63. The fourth-order valence-electron chi connectivity index (χ4n) is 2.88. The van der Waals surface area contributed by atoms with Crippen molar-refractivity contribution >= 4 is 17.5 Å². The van der Waals surface area contributed by atoms with Crippen molar-refractivity contribution in [3.63, 3.8) is 0 Å². The zero-order valence-electron chi connectivity index (χ0n) is 15.6. The van der Waals surface area contributed by atoms with E-state index in [0.29, 0.717) is 12.1 Å². The Morgan fingerprint density at radius 2 is 1.92 bits per heavy atom. The Bertz CT molecular complexity index is 791. The molecule has 138 valence electrons. The molecule has 1 heterocycles. The van der Waals surface area contributed by atoms with Crippen molar-refractivity contribution in [1.82, 2.24) is 15.1 Å². The summed E-state index contributed by atoms with van der Waals surface area (Å²) in [6.45, 7) is 7.46. The minimum Gasteiger partial charge on any atom is -0.352 e. The van der Waals surface area contributed by atoms with Crippen molar-refractivity contribution in [3.05, 3.63) is 47.3 Å². The topological polar surface area (TPSA) is 76.0 Å². The number of carbonyl (C=O) groups excluding carboxylic acids is 2. The molecule has 1 fully saturated rings. The first kappa shape index (κ1) is 18.2. The number of nitrogens with one attached hydrogen (secondary N) is 2. The van der Waals surface area contributed by atoms with E-state index >= 15 is 0 Å². The number of amides is 2. The van der Waals surface area contributed by atoms with E-state index in [-0.39, 0.29) is 23.7 Å². The zero-order valence-corrected chi connectivity index (χ0v) is 15.6. The van der Waals surface area contributed by atoms with Gasteiger partial charge in [0.2, 0.25) is 5.91 Å². The van der Waals surface area contributed by atoms with Gasteiger partial charge in [0.15, 0.2) is 0 Å². The molecule has 2 N–H and O–H groups in total. The van der Waals surface area contributed by atoms with Crippen molar-refractivity contribution in [3.8, 4) is 0 Å². The third-order valence-corrected chi connectivity index (χ3v) is 4.56. The van der Waals surface area contributed by atoms with Gasteiger partial charge < -0.3 is 10.6 Å². The highest BCUT2D eigenvalue weighted by atomic mass is 16.2. The number of aryl methyl sites for hydroxylation is 2. The monoisotopic (exact) mass is 354 g/mol. The molecule has 6 nitrogen and oxygen atoms in total. The standard InChI is InChI=1S/C20H26N4O2/c1-13(12-24-15(3)10-14(2)23-24)11-21-19(25)16-6-8-18(9-7-16)22-20(26)17-4-5-17/h6-10,13,17H,4-5,11-12H2,1-3H3,(H,21,25)(H,22,26). The number of hydrogen-bond donors (Lipinski definition) is 2. The maximum Gasteiger partial charge on any atom is 0.251 e. The second-order valence-electron chi connectivity index (χ2n) is 7.27. The number of anilines is 1. The van der Waals surface area contributed by atoms with Crippen molar-refractivity contribution < 1.29 is 9.59 Å². The highest BCUT2D eigenvalue weighted by Gasteiger charge is 2.29. The van der Waals surface area contributed by atoms with E-state index in [1.807, 2.05) is 18.5 Å². The van der Waals surface area contributed by atoms with Gasteiger partial charge in [-0.2, -0.15) is 5.10 Å². The molecule has 0 bridgehead atoms. The highest BCUT2D eigenvalue weighted by molar-refractivity contribution is 5.96. The van der Waals surface area contributed by atoms with Crippen molar-refractivity contribution in [2.75, 3.05) is 11.9 Å². The van der Waals surface area contributed by atoms with E-state index in [1.165, 1.54) is 0 Å². The van der Waals surface area contributed by atoms with Gasteiger partial charge in [-0.15, -0.1) is 0 Å². The molecule has 0 spiro atoms. The summed E-state index contributed by atoms with van der Waals surface area (Å²) >= 11 is 0. The predicted molar refractivity (Wildman–Crippen MR) is 101 cm³/mol. The number of aromatic nitrogens is 2. The number of carbonyl (C=O) groups is 2. The van der Waals surface area contributed by atoms with Crippen molar-refractivity contribution in [1.29, 1.82) is 0 Å². The van der Waals surface area contributed by atoms with Crippen LogP contribution in [0.2, 0.25) is 0 Å². The van der Waals surface area contributed by atoms with Crippen LogP contribution < -0.4 is 10.6 Å². The van der Waals surface area contributed by atoms with Gasteiger partial charge in [0.1, 0.15) is 0 Å². The molecule has 2 aromatic rings. The summed E-state index contributed by atoms with van der Waals surface area (Å²) in [6, 6.07) is 9.07. The Labute approximate surface area is 154 Å². The minimum absolute atomic E-state index is 0.0696. The van der Waals surface area contributed by atoms with E-state index in [4.69, 9.17) is 0 Å². The largest absolute Gasteiger partial charge is 0.352 e. The SMILES string of the molecule is Cc1cc(C)n(CC(C)CNC(=O)c2ccc(NC(=O)C3CC3)cc2)n1. The fraction of sp³-hybridized carbons (Fsp3) is 0.450. The molecular formula is C20H26N4O2. The zero-order chi connectivity index (χ0) is 18.7. The highest BCUT2D eigenvalue weighted by Crippen LogP contribution is 2.30. The molecule has 1 aromatic carbocycles. The maximum absolute atomic E-state index is 12.3. The van der Waals surface area contributed by atoms with Gasteiger partial charge in [0.05, 0.1) is 5.69 Å². The second-order valence-corrected chi connectivity index (χ2v) is 7.27. The lowest BCUT2D eigenvalue weighted by Crippen LogP contribution is -2.30. The van der Waals surface area contributed by atoms with E-state index in [0.717, 1.165) is 36.5 Å². The van der Waals surface area contributed by atoms with Crippen LogP contribution in [0.3, 0.4) is 0 Å². The Morgan fingerprint density at radius 3 is 2.50 bits per heavy atom. The maximum atomic E-state index is 12.3. The summed E-state index contributed by atoms with van der Waals surface area (Å²) in [6.07, 6.45) is 1.95. The number of rotatable bonds is 7.